The Balaban J connectivity index is 2.92. The molecule has 0 aliphatic rings. The van der Waals surface area contributed by atoms with E-state index in [1.54, 1.807) is 13.8 Å². The van der Waals surface area contributed by atoms with Gasteiger partial charge in [0.2, 0.25) is 5.91 Å². The average Bonchev–Trinajstić information content (AvgIpc) is 2.53. The van der Waals surface area contributed by atoms with E-state index < -0.39 is 11.1 Å². The summed E-state index contributed by atoms with van der Waals surface area (Å²) in [4.78, 5) is 24.7. The Morgan fingerprint density at radius 1 is 1.27 bits per heavy atom. The molecule has 1 unspecified atom stereocenters. The molecular formula is C19H27ClFNO3S. The van der Waals surface area contributed by atoms with Gasteiger partial charge in [-0.25, -0.2) is 4.39 Å². The number of thioether (sulfide) groups is 1. The van der Waals surface area contributed by atoms with Crippen molar-refractivity contribution in [1.82, 2.24) is 0 Å². The molecule has 0 fully saturated rings. The summed E-state index contributed by atoms with van der Waals surface area (Å²) in [6.45, 7) is 9.47. The van der Waals surface area contributed by atoms with Crippen LogP contribution in [0.3, 0.4) is 0 Å². The quantitative estimate of drug-likeness (QED) is 0.426. The number of anilines is 1. The maximum Gasteiger partial charge on any atom is 0.319 e. The van der Waals surface area contributed by atoms with Gasteiger partial charge in [-0.15, -0.1) is 11.8 Å². The fourth-order valence-electron chi connectivity index (χ4n) is 2.11. The second-order valence-electron chi connectivity index (χ2n) is 6.74. The minimum absolute atomic E-state index is 0.0673. The molecular weight excluding hydrogens is 377 g/mol. The molecule has 1 aromatic carbocycles. The zero-order valence-electron chi connectivity index (χ0n) is 15.9. The predicted molar refractivity (Wildman–Crippen MR) is 105 cm³/mol. The van der Waals surface area contributed by atoms with Gasteiger partial charge in [-0.1, -0.05) is 32.4 Å². The van der Waals surface area contributed by atoms with Crippen molar-refractivity contribution < 1.29 is 18.7 Å². The summed E-state index contributed by atoms with van der Waals surface area (Å²) < 4.78 is 19.4. The van der Waals surface area contributed by atoms with Crippen LogP contribution in [0.4, 0.5) is 10.1 Å². The highest BCUT2D eigenvalue weighted by Crippen LogP contribution is 2.36. The number of ether oxygens (including phenoxy) is 1. The van der Waals surface area contributed by atoms with Gasteiger partial charge in [0.05, 0.1) is 16.8 Å². The van der Waals surface area contributed by atoms with Crippen LogP contribution in [-0.2, 0) is 14.3 Å². The zero-order valence-corrected chi connectivity index (χ0v) is 17.5. The SMILES string of the molecule is CCC(Sc1cc(NC(=O)CCC(C)C)c(F)cc1Cl)C(=O)OC(C)C. The Morgan fingerprint density at radius 3 is 2.46 bits per heavy atom. The zero-order chi connectivity index (χ0) is 19.9. The smallest absolute Gasteiger partial charge is 0.319 e. The number of benzene rings is 1. The van der Waals surface area contributed by atoms with Crippen molar-refractivity contribution in [2.24, 2.45) is 5.92 Å². The summed E-state index contributed by atoms with van der Waals surface area (Å²) in [6.07, 6.45) is 1.37. The lowest BCUT2D eigenvalue weighted by molar-refractivity contribution is -0.146. The van der Waals surface area contributed by atoms with E-state index in [-0.39, 0.29) is 28.7 Å². The van der Waals surface area contributed by atoms with E-state index in [2.05, 4.69) is 5.32 Å². The number of amides is 1. The summed E-state index contributed by atoms with van der Waals surface area (Å²) in [7, 11) is 0. The fraction of sp³-hybridized carbons (Fsp3) is 0.579. The van der Waals surface area contributed by atoms with Gasteiger partial charge in [0.25, 0.3) is 0 Å². The minimum atomic E-state index is -0.602. The standard InChI is InChI=1S/C19H27ClFNO3S/c1-6-16(19(24)25-12(4)5)26-17-10-15(14(21)9-13(17)20)22-18(23)8-7-11(2)3/h9-12,16H,6-8H2,1-5H3,(H,22,23). The maximum absolute atomic E-state index is 14.1. The number of halogens is 2. The van der Waals surface area contributed by atoms with Gasteiger partial charge in [0.1, 0.15) is 11.1 Å². The molecule has 26 heavy (non-hydrogen) atoms. The lowest BCUT2D eigenvalue weighted by Gasteiger charge is -2.17. The second kappa shape index (κ2) is 10.8. The Hall–Kier alpha value is -1.27. The van der Waals surface area contributed by atoms with Crippen molar-refractivity contribution in [3.63, 3.8) is 0 Å². The van der Waals surface area contributed by atoms with Crippen molar-refractivity contribution in [3.05, 3.63) is 23.0 Å². The van der Waals surface area contributed by atoms with E-state index in [9.17, 15) is 14.0 Å². The largest absolute Gasteiger partial charge is 0.462 e. The molecule has 1 amide bonds. The first-order chi connectivity index (χ1) is 12.1. The monoisotopic (exact) mass is 403 g/mol. The van der Waals surface area contributed by atoms with Crippen molar-refractivity contribution in [2.75, 3.05) is 5.32 Å². The average molecular weight is 404 g/mol. The molecule has 0 spiro atoms. The van der Waals surface area contributed by atoms with Gasteiger partial charge in [0.15, 0.2) is 0 Å². The number of nitrogens with one attached hydrogen (secondary N) is 1. The van der Waals surface area contributed by atoms with Crippen LogP contribution >= 0.6 is 23.4 Å². The highest BCUT2D eigenvalue weighted by Gasteiger charge is 2.23. The number of rotatable bonds is 9. The number of hydrogen-bond acceptors (Lipinski definition) is 4. The van der Waals surface area contributed by atoms with Crippen LogP contribution in [0.5, 0.6) is 0 Å². The molecule has 0 saturated heterocycles. The molecule has 1 atom stereocenters. The molecule has 0 aliphatic heterocycles. The van der Waals surface area contributed by atoms with Crippen LogP contribution in [-0.4, -0.2) is 23.2 Å². The molecule has 4 nitrogen and oxygen atoms in total. The first kappa shape index (κ1) is 22.8. The summed E-state index contributed by atoms with van der Waals surface area (Å²) in [6, 6.07) is 2.63. The highest BCUT2D eigenvalue weighted by molar-refractivity contribution is 8.00. The Morgan fingerprint density at radius 2 is 1.92 bits per heavy atom. The molecule has 0 bridgehead atoms. The normalized spacial score (nSPS) is 12.3. The lowest BCUT2D eigenvalue weighted by Crippen LogP contribution is -2.22. The van der Waals surface area contributed by atoms with Gasteiger partial charge < -0.3 is 10.1 Å². The van der Waals surface area contributed by atoms with Crippen LogP contribution in [0.1, 0.15) is 53.9 Å². The van der Waals surface area contributed by atoms with E-state index in [0.29, 0.717) is 23.7 Å². The molecule has 0 aliphatic carbocycles. The van der Waals surface area contributed by atoms with Crippen LogP contribution in [0.25, 0.3) is 0 Å². The van der Waals surface area contributed by atoms with Crippen molar-refractivity contribution in [2.45, 2.75) is 70.1 Å². The first-order valence-electron chi connectivity index (χ1n) is 8.80. The first-order valence-corrected chi connectivity index (χ1v) is 10.1. The number of esters is 1. The van der Waals surface area contributed by atoms with Crippen LogP contribution in [0, 0.1) is 11.7 Å². The van der Waals surface area contributed by atoms with Crippen molar-refractivity contribution in [3.8, 4) is 0 Å². The number of hydrogen-bond donors (Lipinski definition) is 1. The minimum Gasteiger partial charge on any atom is -0.462 e. The van der Waals surface area contributed by atoms with Crippen LogP contribution < -0.4 is 5.32 Å². The second-order valence-corrected chi connectivity index (χ2v) is 8.40. The molecule has 0 saturated carbocycles. The Bertz CT molecular complexity index is 637. The summed E-state index contributed by atoms with van der Waals surface area (Å²) in [5.74, 6) is -0.799. The van der Waals surface area contributed by atoms with Crippen LogP contribution in [0.15, 0.2) is 17.0 Å². The topological polar surface area (TPSA) is 55.4 Å². The Labute approximate surface area is 164 Å². The molecule has 1 N–H and O–H groups in total. The van der Waals surface area contributed by atoms with Gasteiger partial charge in [-0.05, 0) is 44.7 Å². The number of carbonyl (C=O) groups is 2. The Kier molecular flexibility index (Phi) is 9.44. The van der Waals surface area contributed by atoms with Crippen LogP contribution in [0.2, 0.25) is 5.02 Å². The van der Waals surface area contributed by atoms with Gasteiger partial charge in [0, 0.05) is 11.3 Å². The molecule has 7 heteroatoms. The highest BCUT2D eigenvalue weighted by atomic mass is 35.5. The van der Waals surface area contributed by atoms with E-state index in [1.165, 1.54) is 17.8 Å². The van der Waals surface area contributed by atoms with E-state index in [0.717, 1.165) is 12.5 Å². The van der Waals surface area contributed by atoms with Gasteiger partial charge in [-0.2, -0.15) is 0 Å². The van der Waals surface area contributed by atoms with E-state index in [1.807, 2.05) is 20.8 Å². The molecule has 0 heterocycles. The maximum atomic E-state index is 14.1. The summed E-state index contributed by atoms with van der Waals surface area (Å²) >= 11 is 7.34. The molecule has 0 radical (unpaired) electrons. The molecule has 1 rings (SSSR count). The van der Waals surface area contributed by atoms with E-state index >= 15 is 0 Å². The third-order valence-electron chi connectivity index (χ3n) is 3.50. The molecule has 146 valence electrons. The summed E-state index contributed by atoms with van der Waals surface area (Å²) in [5, 5.41) is 2.33. The summed E-state index contributed by atoms with van der Waals surface area (Å²) in [5.41, 5.74) is 0.0673. The fourth-order valence-corrected chi connectivity index (χ4v) is 3.37. The van der Waals surface area contributed by atoms with Crippen molar-refractivity contribution >= 4 is 40.9 Å². The lowest BCUT2D eigenvalue weighted by atomic mass is 10.1. The third kappa shape index (κ3) is 7.54. The van der Waals surface area contributed by atoms with Gasteiger partial charge >= 0.3 is 5.97 Å². The van der Waals surface area contributed by atoms with Gasteiger partial charge in [-0.3, -0.25) is 9.59 Å². The molecule has 0 aromatic heterocycles. The number of carbonyl (C=O) groups excluding carboxylic acids is 2. The molecule has 1 aromatic rings. The van der Waals surface area contributed by atoms with Crippen molar-refractivity contribution in [1.29, 1.82) is 0 Å². The predicted octanol–water partition coefficient (Wildman–Crippen LogP) is 5.68. The third-order valence-corrected chi connectivity index (χ3v) is 5.33. The van der Waals surface area contributed by atoms with E-state index in [4.69, 9.17) is 16.3 Å².